The third-order valence-electron chi connectivity index (χ3n) is 3.42. The van der Waals surface area contributed by atoms with Crippen molar-refractivity contribution >= 4 is 5.69 Å². The largest absolute Gasteiger partial charge is 0.371 e. The van der Waals surface area contributed by atoms with E-state index in [9.17, 15) is 0 Å². The molecule has 1 aliphatic rings. The van der Waals surface area contributed by atoms with E-state index < -0.39 is 0 Å². The zero-order valence-corrected chi connectivity index (χ0v) is 10.4. The summed E-state index contributed by atoms with van der Waals surface area (Å²) >= 11 is 0. The summed E-state index contributed by atoms with van der Waals surface area (Å²) < 4.78 is 5.26. The third kappa shape index (κ3) is 2.20. The second-order valence-corrected chi connectivity index (χ2v) is 4.65. The highest BCUT2D eigenvalue weighted by Gasteiger charge is 2.24. The van der Waals surface area contributed by atoms with Crippen LogP contribution >= 0.6 is 0 Å². The van der Waals surface area contributed by atoms with Crippen LogP contribution in [0.4, 0.5) is 5.69 Å². The molecule has 0 unspecified atom stereocenters. The lowest BCUT2D eigenvalue weighted by Gasteiger charge is -2.32. The molecule has 3 rings (SSSR count). The molecule has 0 atom stereocenters. The first-order chi connectivity index (χ1) is 8.83. The minimum absolute atomic E-state index is 0.407. The lowest BCUT2D eigenvalue weighted by Crippen LogP contribution is -2.32. The SMILES string of the molecule is Cc1noc(C2CCN(c3ccncc3)CC2)n1. The average Bonchev–Trinajstić information content (AvgIpc) is 2.87. The highest BCUT2D eigenvalue weighted by Crippen LogP contribution is 2.29. The Morgan fingerprint density at radius 3 is 2.56 bits per heavy atom. The van der Waals surface area contributed by atoms with E-state index in [2.05, 4.69) is 32.2 Å². The van der Waals surface area contributed by atoms with Crippen LogP contribution in [0.2, 0.25) is 0 Å². The van der Waals surface area contributed by atoms with Crippen molar-refractivity contribution in [2.75, 3.05) is 18.0 Å². The molecular weight excluding hydrogens is 228 g/mol. The molecule has 1 fully saturated rings. The van der Waals surface area contributed by atoms with Crippen LogP contribution in [-0.2, 0) is 0 Å². The van der Waals surface area contributed by atoms with Gasteiger partial charge in [0.15, 0.2) is 5.82 Å². The van der Waals surface area contributed by atoms with Gasteiger partial charge in [0.25, 0.3) is 0 Å². The Kier molecular flexibility index (Phi) is 2.96. The highest BCUT2D eigenvalue weighted by atomic mass is 16.5. The summed E-state index contributed by atoms with van der Waals surface area (Å²) in [6.07, 6.45) is 5.79. The van der Waals surface area contributed by atoms with E-state index in [1.165, 1.54) is 5.69 Å². The molecule has 0 aliphatic carbocycles. The summed E-state index contributed by atoms with van der Waals surface area (Å²) in [6.45, 7) is 3.91. The molecule has 0 radical (unpaired) electrons. The van der Waals surface area contributed by atoms with Crippen LogP contribution in [0, 0.1) is 6.92 Å². The van der Waals surface area contributed by atoms with Crippen molar-refractivity contribution < 1.29 is 4.52 Å². The molecule has 2 aromatic heterocycles. The Hall–Kier alpha value is -1.91. The summed E-state index contributed by atoms with van der Waals surface area (Å²) in [4.78, 5) is 10.7. The molecule has 94 valence electrons. The number of pyridine rings is 1. The molecule has 0 N–H and O–H groups in total. The first-order valence-corrected chi connectivity index (χ1v) is 6.28. The second-order valence-electron chi connectivity index (χ2n) is 4.65. The average molecular weight is 244 g/mol. The van der Waals surface area contributed by atoms with Gasteiger partial charge in [-0.3, -0.25) is 4.98 Å². The van der Waals surface area contributed by atoms with Gasteiger partial charge in [0.2, 0.25) is 5.89 Å². The summed E-state index contributed by atoms with van der Waals surface area (Å²) in [5, 5.41) is 3.86. The number of piperidine rings is 1. The van der Waals surface area contributed by atoms with Gasteiger partial charge in [0.1, 0.15) is 0 Å². The van der Waals surface area contributed by atoms with Gasteiger partial charge >= 0.3 is 0 Å². The van der Waals surface area contributed by atoms with Gasteiger partial charge in [-0.25, -0.2) is 0 Å². The van der Waals surface area contributed by atoms with Gasteiger partial charge in [-0.15, -0.1) is 0 Å². The number of aromatic nitrogens is 3. The third-order valence-corrected chi connectivity index (χ3v) is 3.42. The van der Waals surface area contributed by atoms with Crippen molar-refractivity contribution in [2.24, 2.45) is 0 Å². The second kappa shape index (κ2) is 4.76. The van der Waals surface area contributed by atoms with E-state index in [0.717, 1.165) is 37.6 Å². The molecule has 5 heteroatoms. The maximum Gasteiger partial charge on any atom is 0.229 e. The molecule has 0 amide bonds. The van der Waals surface area contributed by atoms with Crippen LogP contribution in [0.3, 0.4) is 0 Å². The normalized spacial score (nSPS) is 17.1. The zero-order chi connectivity index (χ0) is 12.4. The Morgan fingerprint density at radius 1 is 1.22 bits per heavy atom. The van der Waals surface area contributed by atoms with E-state index in [1.807, 2.05) is 19.3 Å². The summed E-state index contributed by atoms with van der Waals surface area (Å²) in [6, 6.07) is 4.11. The molecule has 1 saturated heterocycles. The van der Waals surface area contributed by atoms with E-state index in [1.54, 1.807) is 0 Å². The van der Waals surface area contributed by atoms with Crippen molar-refractivity contribution in [3.8, 4) is 0 Å². The van der Waals surface area contributed by atoms with E-state index in [4.69, 9.17) is 4.52 Å². The van der Waals surface area contributed by atoms with Gasteiger partial charge in [-0.2, -0.15) is 4.98 Å². The fraction of sp³-hybridized carbons (Fsp3) is 0.462. The van der Waals surface area contributed by atoms with Gasteiger partial charge in [0.05, 0.1) is 0 Å². The van der Waals surface area contributed by atoms with E-state index >= 15 is 0 Å². The molecule has 0 bridgehead atoms. The summed E-state index contributed by atoms with van der Waals surface area (Å²) in [5.74, 6) is 1.92. The van der Waals surface area contributed by atoms with E-state index in [-0.39, 0.29) is 0 Å². The van der Waals surface area contributed by atoms with Gasteiger partial charge in [-0.1, -0.05) is 5.16 Å². The van der Waals surface area contributed by atoms with Crippen LogP contribution in [0.1, 0.15) is 30.5 Å². The molecule has 3 heterocycles. The number of nitrogens with zero attached hydrogens (tertiary/aromatic N) is 4. The van der Waals surface area contributed by atoms with Crippen LogP contribution in [0.15, 0.2) is 29.0 Å². The Bertz CT molecular complexity index is 503. The number of anilines is 1. The van der Waals surface area contributed by atoms with Crippen LogP contribution in [0.25, 0.3) is 0 Å². The lowest BCUT2D eigenvalue weighted by molar-refractivity contribution is 0.327. The minimum Gasteiger partial charge on any atom is -0.371 e. The van der Waals surface area contributed by atoms with Crippen LogP contribution < -0.4 is 4.90 Å². The minimum atomic E-state index is 0.407. The molecule has 1 aliphatic heterocycles. The predicted molar refractivity (Wildman–Crippen MR) is 67.5 cm³/mol. The van der Waals surface area contributed by atoms with Crippen LogP contribution in [-0.4, -0.2) is 28.2 Å². The number of hydrogen-bond donors (Lipinski definition) is 0. The summed E-state index contributed by atoms with van der Waals surface area (Å²) in [5.41, 5.74) is 1.24. The zero-order valence-electron chi connectivity index (χ0n) is 10.4. The van der Waals surface area contributed by atoms with Crippen LogP contribution in [0.5, 0.6) is 0 Å². The topological polar surface area (TPSA) is 55.1 Å². The molecular formula is C13H16N4O. The number of rotatable bonds is 2. The first-order valence-electron chi connectivity index (χ1n) is 6.28. The Balaban J connectivity index is 1.65. The van der Waals surface area contributed by atoms with E-state index in [0.29, 0.717) is 5.92 Å². The van der Waals surface area contributed by atoms with Gasteiger partial charge in [-0.05, 0) is 31.9 Å². The Labute approximate surface area is 106 Å². The molecule has 2 aromatic rings. The smallest absolute Gasteiger partial charge is 0.229 e. The molecule has 0 saturated carbocycles. The van der Waals surface area contributed by atoms with Gasteiger partial charge in [0, 0.05) is 37.1 Å². The summed E-state index contributed by atoms with van der Waals surface area (Å²) in [7, 11) is 0. The molecule has 5 nitrogen and oxygen atoms in total. The maximum absolute atomic E-state index is 5.26. The molecule has 0 aromatic carbocycles. The Morgan fingerprint density at radius 2 is 1.94 bits per heavy atom. The van der Waals surface area contributed by atoms with Crippen molar-refractivity contribution in [3.63, 3.8) is 0 Å². The van der Waals surface area contributed by atoms with Gasteiger partial charge < -0.3 is 9.42 Å². The monoisotopic (exact) mass is 244 g/mol. The lowest BCUT2D eigenvalue weighted by atomic mass is 9.96. The quantitative estimate of drug-likeness (QED) is 0.810. The molecule has 0 spiro atoms. The number of hydrogen-bond acceptors (Lipinski definition) is 5. The maximum atomic E-state index is 5.26. The fourth-order valence-corrected chi connectivity index (χ4v) is 2.42. The number of aryl methyl sites for hydroxylation is 1. The molecule has 18 heavy (non-hydrogen) atoms. The van der Waals surface area contributed by atoms with Crippen molar-refractivity contribution in [1.82, 2.24) is 15.1 Å². The van der Waals surface area contributed by atoms with Crippen molar-refractivity contribution in [3.05, 3.63) is 36.2 Å². The van der Waals surface area contributed by atoms with Crippen molar-refractivity contribution in [1.29, 1.82) is 0 Å². The standard InChI is InChI=1S/C13H16N4O/c1-10-15-13(18-16-10)11-4-8-17(9-5-11)12-2-6-14-7-3-12/h2-3,6-7,11H,4-5,8-9H2,1H3. The fourth-order valence-electron chi connectivity index (χ4n) is 2.42. The van der Waals surface area contributed by atoms with Crippen molar-refractivity contribution in [2.45, 2.75) is 25.7 Å². The first kappa shape index (κ1) is 11.2. The highest BCUT2D eigenvalue weighted by molar-refractivity contribution is 5.45. The predicted octanol–water partition coefficient (Wildman–Crippen LogP) is 2.16.